The average Bonchev–Trinajstić information content (AvgIpc) is 3.79. The maximum Gasteiger partial charge on any atom is 0.305 e. The highest BCUT2D eigenvalue weighted by atomic mass is 35.5. The number of halogens is 2. The van der Waals surface area contributed by atoms with Gasteiger partial charge in [-0.1, -0.05) is 34.5 Å². The summed E-state index contributed by atoms with van der Waals surface area (Å²) in [7, 11) is -3.88. The quantitative estimate of drug-likeness (QED) is 0.219. The molecular weight excluding hydrogens is 731 g/mol. The normalized spacial score (nSPS) is 26.8. The molecule has 3 heterocycles. The molecule has 0 spiro atoms. The Hall–Kier alpha value is -3.66. The van der Waals surface area contributed by atoms with Gasteiger partial charge in [0.1, 0.15) is 5.75 Å². The van der Waals surface area contributed by atoms with E-state index in [1.54, 1.807) is 54.2 Å². The van der Waals surface area contributed by atoms with Crippen molar-refractivity contribution in [1.82, 2.24) is 4.98 Å². The van der Waals surface area contributed by atoms with Crippen LogP contribution in [0.3, 0.4) is 0 Å². The van der Waals surface area contributed by atoms with Crippen molar-refractivity contribution in [2.24, 2.45) is 34.7 Å². The number of fused-ring (bicyclic) bond motifs is 9. The molecule has 4 aliphatic rings. The number of aromatic amines is 1. The fraction of sp³-hybridized carbons (Fsp3) is 0.273. The Kier molecular flexibility index (Phi) is 7.96. The standard InChI is InChI=1S/C33H26Cl2N4O7S3/c34-14-1-6-17(7-2-14)39-31(41)26-20-12-21(27(26)32(39)42)28-25(20)24(29-30(47-28)38-33(43)48-29)19-11-15(35)3-10-22(19)46-13-23(40)37-16-4-8-18(9-5-16)49(36,44)45/h1-11,20-21,24-28H,12-13H2,(H,37,40)(H,38,43)(H2,36,44,45)/t20-,21-,24+,25-,26+,27+,28-/m1/s1. The molecule has 2 bridgehead atoms. The molecule has 7 atom stereocenters. The number of nitrogens with zero attached hydrogens (tertiary/aromatic N) is 1. The second-order valence-corrected chi connectivity index (χ2v) is 17.2. The second kappa shape index (κ2) is 12.0. The van der Waals surface area contributed by atoms with E-state index in [4.69, 9.17) is 33.1 Å². The number of nitrogens with two attached hydrogens (primary N) is 1. The van der Waals surface area contributed by atoms with Gasteiger partial charge in [-0.15, -0.1) is 11.8 Å². The Bertz CT molecular complexity index is 2210. The van der Waals surface area contributed by atoms with Crippen molar-refractivity contribution in [2.45, 2.75) is 27.5 Å². The lowest BCUT2D eigenvalue weighted by atomic mass is 9.68. The number of carbonyl (C=O) groups excluding carboxylic acids is 3. The Morgan fingerprint density at radius 1 is 0.959 bits per heavy atom. The number of anilines is 2. The lowest BCUT2D eigenvalue weighted by Gasteiger charge is -2.43. The highest BCUT2D eigenvalue weighted by Crippen LogP contribution is 2.69. The van der Waals surface area contributed by atoms with Gasteiger partial charge in [-0.3, -0.25) is 24.1 Å². The molecule has 8 rings (SSSR count). The molecule has 252 valence electrons. The second-order valence-electron chi connectivity index (χ2n) is 12.5. The van der Waals surface area contributed by atoms with Gasteiger partial charge in [-0.05, 0) is 90.9 Å². The van der Waals surface area contributed by atoms with Gasteiger partial charge in [0.05, 0.1) is 27.4 Å². The van der Waals surface area contributed by atoms with Crippen LogP contribution in [0.25, 0.3) is 0 Å². The van der Waals surface area contributed by atoms with E-state index < -0.39 is 33.7 Å². The summed E-state index contributed by atoms with van der Waals surface area (Å²) in [5, 5.41) is 9.44. The number of ether oxygens (including phenoxy) is 1. The van der Waals surface area contributed by atoms with E-state index in [-0.39, 0.29) is 51.2 Å². The number of thiazole rings is 1. The van der Waals surface area contributed by atoms with Crippen LogP contribution in [-0.4, -0.2) is 43.0 Å². The molecule has 0 radical (unpaired) electrons. The number of benzene rings is 3. The highest BCUT2D eigenvalue weighted by molar-refractivity contribution is 8.00. The Morgan fingerprint density at radius 2 is 1.63 bits per heavy atom. The summed E-state index contributed by atoms with van der Waals surface area (Å²) in [4.78, 5) is 58.4. The summed E-state index contributed by atoms with van der Waals surface area (Å²) in [5.74, 6) is -2.26. The van der Waals surface area contributed by atoms with Crippen LogP contribution >= 0.6 is 46.3 Å². The van der Waals surface area contributed by atoms with Crippen LogP contribution in [0.1, 0.15) is 22.8 Å². The number of rotatable bonds is 7. The number of hydrogen-bond donors (Lipinski definition) is 3. The van der Waals surface area contributed by atoms with E-state index in [1.165, 1.54) is 29.2 Å². The van der Waals surface area contributed by atoms with E-state index in [0.717, 1.165) is 21.2 Å². The maximum atomic E-state index is 14.0. The van der Waals surface area contributed by atoms with Crippen LogP contribution in [0.4, 0.5) is 11.4 Å². The van der Waals surface area contributed by atoms with Gasteiger partial charge in [0, 0.05) is 37.3 Å². The summed E-state index contributed by atoms with van der Waals surface area (Å²) in [5.41, 5.74) is 1.53. The lowest BCUT2D eigenvalue weighted by molar-refractivity contribution is -0.123. The highest BCUT2D eigenvalue weighted by Gasteiger charge is 2.69. The number of H-pyrrole nitrogens is 1. The monoisotopic (exact) mass is 756 g/mol. The van der Waals surface area contributed by atoms with E-state index in [2.05, 4.69) is 10.3 Å². The number of imide groups is 1. The van der Waals surface area contributed by atoms with Crippen LogP contribution in [0.15, 0.2) is 81.4 Å². The van der Waals surface area contributed by atoms with Crippen molar-refractivity contribution in [3.8, 4) is 5.75 Å². The molecule has 4 N–H and O–H groups in total. The van der Waals surface area contributed by atoms with Crippen molar-refractivity contribution >= 4 is 85.4 Å². The van der Waals surface area contributed by atoms with Crippen LogP contribution in [-0.2, 0) is 24.4 Å². The van der Waals surface area contributed by atoms with Gasteiger partial charge in [-0.25, -0.2) is 13.6 Å². The van der Waals surface area contributed by atoms with Gasteiger partial charge in [-0.2, -0.15) is 0 Å². The molecule has 2 saturated carbocycles. The number of primary sulfonamides is 1. The average molecular weight is 758 g/mol. The molecule has 2 aliphatic carbocycles. The van der Waals surface area contributed by atoms with Crippen LogP contribution in [0.2, 0.25) is 10.0 Å². The zero-order valence-corrected chi connectivity index (χ0v) is 29.1. The summed E-state index contributed by atoms with van der Waals surface area (Å²) in [6.07, 6.45) is 0.697. The smallest absolute Gasteiger partial charge is 0.305 e. The summed E-state index contributed by atoms with van der Waals surface area (Å²) >= 11 is 15.3. The lowest BCUT2D eigenvalue weighted by Crippen LogP contribution is -2.42. The first kappa shape index (κ1) is 32.5. The first-order valence-electron chi connectivity index (χ1n) is 15.3. The minimum absolute atomic E-state index is 0.0636. The van der Waals surface area contributed by atoms with E-state index in [0.29, 0.717) is 39.2 Å². The molecule has 3 amide bonds. The third-order valence-corrected chi connectivity index (χ3v) is 13.9. The molecular formula is C33H26Cl2N4O7S3. The molecule has 3 aromatic carbocycles. The molecule has 1 aromatic heterocycles. The topological polar surface area (TPSA) is 169 Å². The number of hydrogen-bond acceptors (Lipinski definition) is 9. The van der Waals surface area contributed by atoms with Crippen LogP contribution in [0.5, 0.6) is 5.75 Å². The Morgan fingerprint density at radius 3 is 2.33 bits per heavy atom. The summed E-state index contributed by atoms with van der Waals surface area (Å²) in [6, 6.07) is 17.2. The predicted octanol–water partition coefficient (Wildman–Crippen LogP) is 5.09. The number of carbonyl (C=O) groups is 3. The third-order valence-electron chi connectivity index (χ3n) is 9.94. The van der Waals surface area contributed by atoms with Gasteiger partial charge in [0.2, 0.25) is 21.8 Å². The third kappa shape index (κ3) is 5.49. The maximum absolute atomic E-state index is 14.0. The van der Waals surface area contributed by atoms with Gasteiger partial charge in [0.15, 0.2) is 6.61 Å². The first-order valence-corrected chi connectivity index (χ1v) is 19.3. The van der Waals surface area contributed by atoms with Crippen molar-refractivity contribution in [2.75, 3.05) is 16.8 Å². The fourth-order valence-electron chi connectivity index (χ4n) is 8.17. The Labute approximate surface area is 298 Å². The predicted molar refractivity (Wildman–Crippen MR) is 186 cm³/mol. The SMILES string of the molecule is NS(=O)(=O)c1ccc(NC(=O)COc2ccc(Cl)cc2[C@@H]2c3sc(=O)[nH]c3S[C@@H]3[C@@H]4C[C@@H]([C@@H]5C(=O)N(c6ccc(Cl)cc6)C(=O)[C@@H]45)[C@H]23)cc1. The van der Waals surface area contributed by atoms with Crippen molar-refractivity contribution in [3.63, 3.8) is 0 Å². The molecule has 4 aromatic rings. The number of nitrogens with one attached hydrogen (secondary N) is 2. The summed E-state index contributed by atoms with van der Waals surface area (Å²) < 4.78 is 29.2. The molecule has 49 heavy (non-hydrogen) atoms. The van der Waals surface area contributed by atoms with Crippen molar-refractivity contribution in [1.29, 1.82) is 0 Å². The van der Waals surface area contributed by atoms with Crippen LogP contribution < -0.4 is 25.0 Å². The zero-order chi connectivity index (χ0) is 34.4. The fourth-order valence-corrected chi connectivity index (χ4v) is 11.9. The molecule has 0 unspecified atom stereocenters. The minimum Gasteiger partial charge on any atom is -0.483 e. The molecule has 1 saturated heterocycles. The molecule has 2 aliphatic heterocycles. The van der Waals surface area contributed by atoms with Gasteiger partial charge < -0.3 is 15.0 Å². The number of aromatic nitrogens is 1. The molecule has 3 fully saturated rings. The zero-order valence-electron chi connectivity index (χ0n) is 25.2. The molecule has 16 heteroatoms. The molecule has 11 nitrogen and oxygen atoms in total. The number of amides is 3. The number of thioether (sulfide) groups is 1. The first-order chi connectivity index (χ1) is 23.4. The van der Waals surface area contributed by atoms with E-state index >= 15 is 0 Å². The van der Waals surface area contributed by atoms with E-state index in [9.17, 15) is 27.6 Å². The number of sulfonamides is 1. The minimum atomic E-state index is -3.88. The van der Waals surface area contributed by atoms with Gasteiger partial charge >= 0.3 is 4.87 Å². The van der Waals surface area contributed by atoms with Crippen molar-refractivity contribution in [3.05, 3.63) is 96.9 Å². The Balaban J connectivity index is 1.11. The van der Waals surface area contributed by atoms with Gasteiger partial charge in [0.25, 0.3) is 5.91 Å². The van der Waals surface area contributed by atoms with E-state index in [1.807, 2.05) is 0 Å². The largest absolute Gasteiger partial charge is 0.483 e. The van der Waals surface area contributed by atoms with Crippen LogP contribution in [0, 0.1) is 29.6 Å². The summed E-state index contributed by atoms with van der Waals surface area (Å²) in [6.45, 7) is -0.378. The van der Waals surface area contributed by atoms with Crippen molar-refractivity contribution < 1.29 is 27.5 Å².